The van der Waals surface area contributed by atoms with Crippen LogP contribution in [-0.2, 0) is 0 Å². The second-order valence-corrected chi connectivity index (χ2v) is 5.07. The van der Waals surface area contributed by atoms with Crippen molar-refractivity contribution in [3.8, 4) is 11.1 Å². The minimum absolute atomic E-state index is 0.214. The van der Waals surface area contributed by atoms with Crippen molar-refractivity contribution in [2.24, 2.45) is 0 Å². The van der Waals surface area contributed by atoms with E-state index in [0.29, 0.717) is 5.92 Å². The minimum atomic E-state index is -0.294. The molecule has 0 aliphatic heterocycles. The maximum absolute atomic E-state index is 11.1. The molecular formula is C15H17NO2. The minimum Gasteiger partial charge on any atom is -0.258 e. The molecule has 0 aromatic carbocycles. The van der Waals surface area contributed by atoms with Crippen molar-refractivity contribution in [1.29, 1.82) is 0 Å². The number of fused-ring (bicyclic) bond motifs is 1. The summed E-state index contributed by atoms with van der Waals surface area (Å²) in [6.45, 7) is 8.12. The van der Waals surface area contributed by atoms with Crippen LogP contribution < -0.4 is 0 Å². The van der Waals surface area contributed by atoms with Gasteiger partial charge in [0, 0.05) is 6.07 Å². The highest BCUT2D eigenvalue weighted by Gasteiger charge is 2.23. The maximum atomic E-state index is 11.1. The van der Waals surface area contributed by atoms with Crippen LogP contribution >= 0.6 is 0 Å². The van der Waals surface area contributed by atoms with Gasteiger partial charge in [0.1, 0.15) is 0 Å². The van der Waals surface area contributed by atoms with Crippen LogP contribution in [0.2, 0.25) is 0 Å². The molecule has 0 radical (unpaired) electrons. The second-order valence-electron chi connectivity index (χ2n) is 5.07. The Bertz CT molecular complexity index is 588. The zero-order chi connectivity index (χ0) is 13.4. The maximum Gasteiger partial charge on any atom is 0.277 e. The van der Waals surface area contributed by atoms with Gasteiger partial charge < -0.3 is 0 Å². The smallest absolute Gasteiger partial charge is 0.258 e. The van der Waals surface area contributed by atoms with Crippen molar-refractivity contribution in [3.05, 3.63) is 51.1 Å². The Morgan fingerprint density at radius 2 is 1.78 bits per heavy atom. The third kappa shape index (κ3) is 1.96. The molecule has 0 aromatic rings. The number of nitrogens with zero attached hydrogens (tertiary/aromatic N) is 1. The summed E-state index contributed by atoms with van der Waals surface area (Å²) in [5.41, 5.74) is 5.11. The van der Waals surface area contributed by atoms with Gasteiger partial charge in [-0.25, -0.2) is 0 Å². The van der Waals surface area contributed by atoms with Crippen molar-refractivity contribution in [1.82, 2.24) is 0 Å². The average molecular weight is 243 g/mol. The van der Waals surface area contributed by atoms with Crippen LogP contribution in [0.25, 0.3) is 11.1 Å². The Hall–Kier alpha value is -1.90. The molecule has 2 aliphatic carbocycles. The largest absolute Gasteiger partial charge is 0.277 e. The van der Waals surface area contributed by atoms with Crippen molar-refractivity contribution in [3.63, 3.8) is 0 Å². The first-order valence-electron chi connectivity index (χ1n) is 6.10. The summed E-state index contributed by atoms with van der Waals surface area (Å²) in [6.07, 6.45) is 0. The molecule has 0 bridgehead atoms. The highest BCUT2D eigenvalue weighted by molar-refractivity contribution is 5.83. The van der Waals surface area contributed by atoms with E-state index in [-0.39, 0.29) is 10.6 Å². The average Bonchev–Trinajstić information content (AvgIpc) is 2.50. The molecule has 2 aliphatic rings. The highest BCUT2D eigenvalue weighted by Crippen LogP contribution is 2.40. The summed E-state index contributed by atoms with van der Waals surface area (Å²) in [5.74, 6) is 0.411. The molecule has 0 fully saturated rings. The monoisotopic (exact) mass is 243 g/mol. The van der Waals surface area contributed by atoms with Crippen LogP contribution in [0.1, 0.15) is 36.5 Å². The van der Waals surface area contributed by atoms with Gasteiger partial charge in [0.15, 0.2) is 0 Å². The highest BCUT2D eigenvalue weighted by atomic mass is 16.6. The van der Waals surface area contributed by atoms with Crippen LogP contribution in [0.5, 0.6) is 0 Å². The fraction of sp³-hybridized carbons (Fsp3) is 0.333. The first-order valence-corrected chi connectivity index (χ1v) is 6.10. The summed E-state index contributed by atoms with van der Waals surface area (Å²) >= 11 is 0. The van der Waals surface area contributed by atoms with Crippen LogP contribution in [0.15, 0.2) is 24.3 Å². The first kappa shape index (κ1) is 12.6. The van der Waals surface area contributed by atoms with E-state index in [0.717, 1.165) is 22.3 Å². The lowest BCUT2D eigenvalue weighted by Gasteiger charge is -2.02. The SMILES string of the molecule is Cc1cc([N+](=O)[O-])c2c(C)ccc(C(C)C)cc1-2. The van der Waals surface area contributed by atoms with Crippen molar-refractivity contribution in [2.75, 3.05) is 0 Å². The second kappa shape index (κ2) is 4.41. The van der Waals surface area contributed by atoms with E-state index >= 15 is 0 Å². The summed E-state index contributed by atoms with van der Waals surface area (Å²) < 4.78 is 0. The molecule has 0 atom stereocenters. The molecule has 0 spiro atoms. The molecule has 0 unspecified atom stereocenters. The Balaban J connectivity index is 2.79. The third-order valence-electron chi connectivity index (χ3n) is 3.40. The van der Waals surface area contributed by atoms with Crippen molar-refractivity contribution < 1.29 is 4.92 Å². The molecule has 0 saturated heterocycles. The van der Waals surface area contributed by atoms with Gasteiger partial charge in [0.05, 0.1) is 10.5 Å². The lowest BCUT2D eigenvalue weighted by molar-refractivity contribution is -0.383. The summed E-state index contributed by atoms with van der Waals surface area (Å²) in [7, 11) is 0. The van der Waals surface area contributed by atoms with Gasteiger partial charge in [-0.05, 0) is 42.0 Å². The molecule has 2 rings (SSSR count). The molecule has 0 N–H and O–H groups in total. The lowest BCUT2D eigenvalue weighted by Crippen LogP contribution is -1.88. The predicted molar refractivity (Wildman–Crippen MR) is 73.3 cm³/mol. The zero-order valence-electron chi connectivity index (χ0n) is 11.2. The van der Waals surface area contributed by atoms with Crippen LogP contribution in [0.4, 0.5) is 5.69 Å². The quantitative estimate of drug-likeness (QED) is 0.578. The van der Waals surface area contributed by atoms with Crippen LogP contribution in [-0.4, -0.2) is 4.92 Å². The Kier molecular flexibility index (Phi) is 3.07. The predicted octanol–water partition coefficient (Wildman–Crippen LogP) is 4.44. The van der Waals surface area contributed by atoms with Crippen molar-refractivity contribution >= 4 is 5.69 Å². The Labute approximate surface area is 107 Å². The molecule has 0 heterocycles. The normalized spacial score (nSPS) is 11.2. The van der Waals surface area contributed by atoms with E-state index in [4.69, 9.17) is 0 Å². The van der Waals surface area contributed by atoms with E-state index in [9.17, 15) is 10.1 Å². The number of aryl methyl sites for hydroxylation is 2. The summed E-state index contributed by atoms with van der Waals surface area (Å²) in [4.78, 5) is 10.8. The van der Waals surface area contributed by atoms with E-state index in [1.165, 1.54) is 5.56 Å². The van der Waals surface area contributed by atoms with E-state index in [1.807, 2.05) is 19.9 Å². The molecule has 3 heteroatoms. The first-order chi connectivity index (χ1) is 8.41. The number of nitro groups is 1. The van der Waals surface area contributed by atoms with Gasteiger partial charge in [-0.2, -0.15) is 0 Å². The molecule has 94 valence electrons. The molecule has 0 aromatic heterocycles. The number of hydrogen-bond donors (Lipinski definition) is 0. The van der Waals surface area contributed by atoms with Gasteiger partial charge in [0.25, 0.3) is 5.69 Å². The summed E-state index contributed by atoms with van der Waals surface area (Å²) in [5, 5.41) is 11.1. The Morgan fingerprint density at radius 3 is 2.33 bits per heavy atom. The number of rotatable bonds is 2. The topological polar surface area (TPSA) is 43.1 Å². The lowest BCUT2D eigenvalue weighted by atomic mass is 10.0. The third-order valence-corrected chi connectivity index (χ3v) is 3.40. The van der Waals surface area contributed by atoms with E-state index in [2.05, 4.69) is 26.0 Å². The standard InChI is InChI=1S/C15H17NO2/c1-9(2)12-6-5-10(3)15-13(8-12)11(4)7-14(15)16(17)18/h5-9H,1-4H3. The fourth-order valence-corrected chi connectivity index (χ4v) is 2.31. The molecule has 3 nitrogen and oxygen atoms in total. The summed E-state index contributed by atoms with van der Waals surface area (Å²) in [6, 6.07) is 7.78. The van der Waals surface area contributed by atoms with Crippen LogP contribution in [0.3, 0.4) is 0 Å². The van der Waals surface area contributed by atoms with Gasteiger partial charge in [-0.1, -0.05) is 32.0 Å². The van der Waals surface area contributed by atoms with Crippen LogP contribution in [0, 0.1) is 24.0 Å². The molecule has 18 heavy (non-hydrogen) atoms. The zero-order valence-corrected chi connectivity index (χ0v) is 11.2. The van der Waals surface area contributed by atoms with Gasteiger partial charge >= 0.3 is 0 Å². The fourth-order valence-electron chi connectivity index (χ4n) is 2.31. The number of hydrogen-bond acceptors (Lipinski definition) is 2. The molecule has 0 amide bonds. The van der Waals surface area contributed by atoms with E-state index < -0.39 is 0 Å². The molecular weight excluding hydrogens is 226 g/mol. The van der Waals surface area contributed by atoms with E-state index in [1.54, 1.807) is 6.07 Å². The Morgan fingerprint density at radius 1 is 1.11 bits per heavy atom. The van der Waals surface area contributed by atoms with Crippen molar-refractivity contribution in [2.45, 2.75) is 33.6 Å². The van der Waals surface area contributed by atoms with Gasteiger partial charge in [-0.15, -0.1) is 0 Å². The van der Waals surface area contributed by atoms with Gasteiger partial charge in [-0.3, -0.25) is 10.1 Å². The van der Waals surface area contributed by atoms with Gasteiger partial charge in [0.2, 0.25) is 0 Å². The molecule has 0 saturated carbocycles.